The Kier molecular flexibility index (Phi) is 4.22. The fourth-order valence-corrected chi connectivity index (χ4v) is 1.40. The van der Waals surface area contributed by atoms with Crippen molar-refractivity contribution >= 4 is 25.4 Å². The molecule has 0 aromatic heterocycles. The van der Waals surface area contributed by atoms with Gasteiger partial charge >= 0.3 is 5.97 Å². The van der Waals surface area contributed by atoms with Gasteiger partial charge in [0.15, 0.2) is 0 Å². The van der Waals surface area contributed by atoms with E-state index in [-0.39, 0.29) is 32.4 Å². The highest BCUT2D eigenvalue weighted by Gasteiger charge is 2.37. The number of aliphatic hydroxyl groups is 1. The van der Waals surface area contributed by atoms with Gasteiger partial charge in [0.2, 0.25) is 5.91 Å². The summed E-state index contributed by atoms with van der Waals surface area (Å²) >= 11 is 0. The highest BCUT2D eigenvalue weighted by Crippen LogP contribution is 2.17. The van der Waals surface area contributed by atoms with Crippen LogP contribution >= 0.6 is 13.5 Å². The molecule has 1 fully saturated rings. The van der Waals surface area contributed by atoms with Crippen LogP contribution in [0.4, 0.5) is 0 Å². The summed E-state index contributed by atoms with van der Waals surface area (Å²) in [6.07, 6.45) is -0.565. The minimum atomic E-state index is -1.05. The molecule has 1 amide bonds. The van der Waals surface area contributed by atoms with Gasteiger partial charge < -0.3 is 15.1 Å². The van der Waals surface area contributed by atoms with Crippen molar-refractivity contribution in [3.05, 3.63) is 0 Å². The maximum absolute atomic E-state index is 10.9. The van der Waals surface area contributed by atoms with Crippen molar-refractivity contribution in [2.45, 2.75) is 25.5 Å². The number of carboxylic acids is 1. The normalized spacial score (nSPS) is 26.8. The molecule has 13 heavy (non-hydrogen) atoms. The van der Waals surface area contributed by atoms with Gasteiger partial charge in [0.1, 0.15) is 6.04 Å². The van der Waals surface area contributed by atoms with Gasteiger partial charge in [-0.25, -0.2) is 4.79 Å². The zero-order chi connectivity index (χ0) is 9.30. The summed E-state index contributed by atoms with van der Waals surface area (Å²) in [6, 6.07) is -0.850. The monoisotopic (exact) mass is 207 g/mol. The van der Waals surface area contributed by atoms with Crippen LogP contribution in [-0.2, 0) is 9.59 Å². The van der Waals surface area contributed by atoms with Gasteiger partial charge in [-0.1, -0.05) is 0 Å². The molecule has 0 aliphatic carbocycles. The standard InChI is InChI=1S/C7H11NO4.H2S/c1-4(9)8-3-5(10)2-6(8)7(11)12;/h5-6,10H,2-3H2,1H3,(H,11,12);1H2/t5-,6+;/m1./s1. The molecule has 76 valence electrons. The Hall–Kier alpha value is -0.750. The number of nitrogens with zero attached hydrogens (tertiary/aromatic N) is 1. The van der Waals surface area contributed by atoms with Crippen LogP contribution in [0.15, 0.2) is 0 Å². The van der Waals surface area contributed by atoms with E-state index in [9.17, 15) is 9.59 Å². The minimum absolute atomic E-state index is 0. The molecule has 0 saturated carbocycles. The average molecular weight is 207 g/mol. The fourth-order valence-electron chi connectivity index (χ4n) is 1.40. The number of β-amino-alcohol motifs (C(OH)–C–C–N with tert-alkyl or cyclic N) is 1. The molecule has 0 aromatic rings. The quantitative estimate of drug-likeness (QED) is 0.588. The molecule has 0 radical (unpaired) electrons. The van der Waals surface area contributed by atoms with E-state index in [2.05, 4.69) is 0 Å². The van der Waals surface area contributed by atoms with Gasteiger partial charge in [-0.15, -0.1) is 0 Å². The van der Waals surface area contributed by atoms with Gasteiger partial charge in [-0.05, 0) is 0 Å². The van der Waals surface area contributed by atoms with Crippen molar-refractivity contribution < 1.29 is 19.8 Å². The van der Waals surface area contributed by atoms with Crippen molar-refractivity contribution in [1.82, 2.24) is 4.90 Å². The van der Waals surface area contributed by atoms with Crippen molar-refractivity contribution in [1.29, 1.82) is 0 Å². The third kappa shape index (κ3) is 2.60. The van der Waals surface area contributed by atoms with Gasteiger partial charge in [0, 0.05) is 19.9 Å². The van der Waals surface area contributed by atoms with Crippen molar-refractivity contribution in [3.8, 4) is 0 Å². The number of likely N-dealkylation sites (tertiary alicyclic amines) is 1. The third-order valence-corrected chi connectivity index (χ3v) is 1.97. The van der Waals surface area contributed by atoms with Gasteiger partial charge in [0.25, 0.3) is 0 Å². The van der Waals surface area contributed by atoms with E-state index in [0.717, 1.165) is 0 Å². The second kappa shape index (κ2) is 4.48. The number of aliphatic hydroxyl groups excluding tert-OH is 1. The van der Waals surface area contributed by atoms with Crippen molar-refractivity contribution in [3.63, 3.8) is 0 Å². The van der Waals surface area contributed by atoms with E-state index in [4.69, 9.17) is 10.2 Å². The molecule has 2 atom stereocenters. The minimum Gasteiger partial charge on any atom is -0.480 e. The molecular formula is C7H13NO4S. The van der Waals surface area contributed by atoms with E-state index in [0.29, 0.717) is 0 Å². The summed E-state index contributed by atoms with van der Waals surface area (Å²) in [4.78, 5) is 22.6. The Balaban J connectivity index is 0.00000144. The molecule has 1 aliphatic rings. The van der Waals surface area contributed by atoms with Gasteiger partial charge in [0.05, 0.1) is 6.10 Å². The summed E-state index contributed by atoms with van der Waals surface area (Å²) in [5, 5.41) is 17.8. The Labute approximate surface area is 82.8 Å². The molecule has 0 bridgehead atoms. The summed E-state index contributed by atoms with van der Waals surface area (Å²) in [5.74, 6) is -1.36. The second-order valence-electron chi connectivity index (χ2n) is 2.91. The van der Waals surface area contributed by atoms with Crippen LogP contribution in [0, 0.1) is 0 Å². The first kappa shape index (κ1) is 12.2. The molecular weight excluding hydrogens is 194 g/mol. The Bertz CT molecular complexity index is 199. The summed E-state index contributed by atoms with van der Waals surface area (Å²) < 4.78 is 0. The number of hydrogen-bond acceptors (Lipinski definition) is 3. The van der Waals surface area contributed by atoms with Gasteiger partial charge in [-0.2, -0.15) is 13.5 Å². The highest BCUT2D eigenvalue weighted by atomic mass is 32.1. The lowest BCUT2D eigenvalue weighted by Crippen LogP contribution is -2.39. The first-order chi connectivity index (χ1) is 5.52. The smallest absolute Gasteiger partial charge is 0.326 e. The number of hydrogen-bond donors (Lipinski definition) is 2. The van der Waals surface area contributed by atoms with Gasteiger partial charge in [-0.3, -0.25) is 4.79 Å². The molecule has 2 N–H and O–H groups in total. The van der Waals surface area contributed by atoms with Crippen LogP contribution < -0.4 is 0 Å². The molecule has 1 saturated heterocycles. The van der Waals surface area contributed by atoms with E-state index >= 15 is 0 Å². The number of carbonyl (C=O) groups is 2. The SMILES string of the molecule is CC(=O)N1C[C@H](O)C[C@H]1C(=O)O.S. The zero-order valence-electron chi connectivity index (χ0n) is 7.23. The molecule has 1 rings (SSSR count). The zero-order valence-corrected chi connectivity index (χ0v) is 8.23. The van der Waals surface area contributed by atoms with Crippen LogP contribution in [0.25, 0.3) is 0 Å². The molecule has 0 unspecified atom stereocenters. The van der Waals surface area contributed by atoms with E-state index in [1.54, 1.807) is 0 Å². The molecule has 1 aliphatic heterocycles. The van der Waals surface area contributed by atoms with Crippen LogP contribution in [0.3, 0.4) is 0 Å². The lowest BCUT2D eigenvalue weighted by atomic mass is 10.2. The molecule has 0 aromatic carbocycles. The first-order valence-corrected chi connectivity index (χ1v) is 3.70. The topological polar surface area (TPSA) is 77.8 Å². The molecule has 0 spiro atoms. The fraction of sp³-hybridized carbons (Fsp3) is 0.714. The summed E-state index contributed by atoms with van der Waals surface area (Å²) in [5.41, 5.74) is 0. The average Bonchev–Trinajstić information content (AvgIpc) is 2.31. The lowest BCUT2D eigenvalue weighted by Gasteiger charge is -2.18. The predicted molar refractivity (Wildman–Crippen MR) is 49.8 cm³/mol. The number of rotatable bonds is 1. The number of carbonyl (C=O) groups excluding carboxylic acids is 1. The predicted octanol–water partition coefficient (Wildman–Crippen LogP) is -0.835. The maximum atomic E-state index is 10.9. The molecule has 1 heterocycles. The van der Waals surface area contributed by atoms with Crippen LogP contribution in [0.2, 0.25) is 0 Å². The van der Waals surface area contributed by atoms with Crippen LogP contribution in [-0.4, -0.2) is 45.7 Å². The van der Waals surface area contributed by atoms with E-state index in [1.165, 1.54) is 11.8 Å². The molecule has 6 heteroatoms. The maximum Gasteiger partial charge on any atom is 0.326 e. The number of amides is 1. The third-order valence-electron chi connectivity index (χ3n) is 1.97. The van der Waals surface area contributed by atoms with E-state index < -0.39 is 18.1 Å². The number of carboxylic acid groups (broad SMARTS) is 1. The highest BCUT2D eigenvalue weighted by molar-refractivity contribution is 7.59. The van der Waals surface area contributed by atoms with E-state index in [1.807, 2.05) is 0 Å². The number of aliphatic carboxylic acids is 1. The van der Waals surface area contributed by atoms with Crippen LogP contribution in [0.5, 0.6) is 0 Å². The largest absolute Gasteiger partial charge is 0.480 e. The van der Waals surface area contributed by atoms with Crippen molar-refractivity contribution in [2.75, 3.05) is 6.54 Å². The summed E-state index contributed by atoms with van der Waals surface area (Å²) in [6.45, 7) is 1.43. The molecule has 5 nitrogen and oxygen atoms in total. The van der Waals surface area contributed by atoms with Crippen LogP contribution in [0.1, 0.15) is 13.3 Å². The Morgan fingerprint density at radius 3 is 2.31 bits per heavy atom. The first-order valence-electron chi connectivity index (χ1n) is 3.70. The Morgan fingerprint density at radius 1 is 1.46 bits per heavy atom. The van der Waals surface area contributed by atoms with Crippen molar-refractivity contribution in [2.24, 2.45) is 0 Å². The second-order valence-corrected chi connectivity index (χ2v) is 2.91. The Morgan fingerprint density at radius 2 is 2.00 bits per heavy atom. The lowest BCUT2D eigenvalue weighted by molar-refractivity contribution is -0.147. The summed E-state index contributed by atoms with van der Waals surface area (Å²) in [7, 11) is 0.